The average molecular weight is 480 g/mol. The van der Waals surface area contributed by atoms with Crippen molar-refractivity contribution in [2.45, 2.75) is 39.3 Å². The Bertz CT molecular complexity index is 1330. The number of phenols is 1. The number of amides is 1. The molecule has 0 saturated heterocycles. The Morgan fingerprint density at radius 1 is 0.971 bits per heavy atom. The molecule has 1 unspecified atom stereocenters. The molecule has 1 amide bonds. The second kappa shape index (κ2) is 10.5. The van der Waals surface area contributed by atoms with Gasteiger partial charge in [-0.05, 0) is 38.0 Å². The van der Waals surface area contributed by atoms with E-state index >= 15 is 0 Å². The van der Waals surface area contributed by atoms with Crippen LogP contribution in [0.5, 0.6) is 5.75 Å². The summed E-state index contributed by atoms with van der Waals surface area (Å²) in [5.41, 5.74) is 0.411. The maximum absolute atomic E-state index is 13.2. The fourth-order valence-electron chi connectivity index (χ4n) is 3.72. The molecular weight excluding hydrogens is 446 g/mol. The zero-order chi connectivity index (χ0) is 25.9. The van der Waals surface area contributed by atoms with Crippen molar-refractivity contribution in [3.8, 4) is 5.75 Å². The molecule has 0 radical (unpaired) electrons. The molecule has 3 rings (SSSR count). The van der Waals surface area contributed by atoms with E-state index in [1.165, 1.54) is 34.4 Å². The minimum atomic E-state index is -0.465. The van der Waals surface area contributed by atoms with E-state index in [4.69, 9.17) is 0 Å². The van der Waals surface area contributed by atoms with Crippen LogP contribution in [0.15, 0.2) is 58.1 Å². The van der Waals surface area contributed by atoms with Gasteiger partial charge in [0.1, 0.15) is 11.4 Å². The molecule has 0 aliphatic heterocycles. The van der Waals surface area contributed by atoms with Gasteiger partial charge >= 0.3 is 0 Å². The number of hydrogen-bond acceptors (Lipinski definition) is 6. The second-order valence-corrected chi connectivity index (χ2v) is 8.76. The van der Waals surface area contributed by atoms with Gasteiger partial charge in [-0.3, -0.25) is 14.4 Å². The third kappa shape index (κ3) is 5.08. The topological polar surface area (TPSA) is 109 Å². The molecule has 0 aliphatic rings. The number of phenolic OH excluding ortho intramolecular Hbond substituents is 1. The first-order valence-electron chi connectivity index (χ1n) is 11.6. The Morgan fingerprint density at radius 3 is 2.14 bits per heavy atom. The molecule has 1 heterocycles. The van der Waals surface area contributed by atoms with Crippen molar-refractivity contribution < 1.29 is 9.90 Å². The maximum atomic E-state index is 13.2. The standard InChI is InChI=1S/C26H33N5O4/c1-7-19(17-12-9-8-10-13-17)27-21-22(26(35)31(6)30(5)25(21)34)28-20-15-11-14-18(23(20)32)24(33)29(4)16(2)3/h8-16,19,27-28,32H,7H2,1-6H3. The van der Waals surface area contributed by atoms with Gasteiger partial charge in [0.05, 0.1) is 17.3 Å². The highest BCUT2D eigenvalue weighted by molar-refractivity contribution is 5.99. The quantitative estimate of drug-likeness (QED) is 0.426. The molecular formula is C26H33N5O4. The molecule has 1 aromatic heterocycles. The van der Waals surface area contributed by atoms with E-state index in [1.807, 2.05) is 51.1 Å². The fraction of sp³-hybridized carbons (Fsp3) is 0.346. The molecule has 3 aromatic rings. The Morgan fingerprint density at radius 2 is 1.57 bits per heavy atom. The summed E-state index contributed by atoms with van der Waals surface area (Å²) in [5, 5.41) is 17.1. The minimum absolute atomic E-state index is 0.0119. The van der Waals surface area contributed by atoms with E-state index in [0.29, 0.717) is 6.42 Å². The van der Waals surface area contributed by atoms with Crippen LogP contribution >= 0.6 is 0 Å². The van der Waals surface area contributed by atoms with Gasteiger partial charge in [0, 0.05) is 27.2 Å². The van der Waals surface area contributed by atoms with Crippen molar-refractivity contribution in [3.63, 3.8) is 0 Å². The van der Waals surface area contributed by atoms with E-state index in [0.717, 1.165) is 5.56 Å². The highest BCUT2D eigenvalue weighted by Crippen LogP contribution is 2.32. The van der Waals surface area contributed by atoms with Crippen LogP contribution in [0.25, 0.3) is 0 Å². The van der Waals surface area contributed by atoms with Gasteiger partial charge in [-0.25, -0.2) is 9.36 Å². The number of nitrogens with zero attached hydrogens (tertiary/aromatic N) is 3. The third-order valence-electron chi connectivity index (χ3n) is 6.27. The number of carbonyl (C=O) groups is 1. The molecule has 3 N–H and O–H groups in total. The number of aromatic hydroxyl groups is 1. The van der Waals surface area contributed by atoms with Gasteiger partial charge in [-0.1, -0.05) is 43.3 Å². The van der Waals surface area contributed by atoms with Crippen LogP contribution in [0.4, 0.5) is 17.1 Å². The summed E-state index contributed by atoms with van der Waals surface area (Å²) in [5.74, 6) is -0.653. The number of carbonyl (C=O) groups excluding carboxylic acids is 1. The average Bonchev–Trinajstić information content (AvgIpc) is 2.86. The summed E-state index contributed by atoms with van der Waals surface area (Å²) in [6.07, 6.45) is 0.665. The third-order valence-corrected chi connectivity index (χ3v) is 6.27. The molecule has 0 aliphatic carbocycles. The van der Waals surface area contributed by atoms with Gasteiger partial charge in [0.15, 0.2) is 5.75 Å². The van der Waals surface area contributed by atoms with E-state index in [1.54, 1.807) is 19.2 Å². The fourth-order valence-corrected chi connectivity index (χ4v) is 3.72. The molecule has 35 heavy (non-hydrogen) atoms. The molecule has 0 fully saturated rings. The number of para-hydroxylation sites is 1. The lowest BCUT2D eigenvalue weighted by molar-refractivity contribution is 0.0752. The predicted octanol–water partition coefficient (Wildman–Crippen LogP) is 3.58. The number of benzene rings is 2. The van der Waals surface area contributed by atoms with Gasteiger partial charge < -0.3 is 20.6 Å². The first-order valence-corrected chi connectivity index (χ1v) is 11.6. The van der Waals surface area contributed by atoms with Crippen molar-refractivity contribution in [1.82, 2.24) is 14.3 Å². The van der Waals surface area contributed by atoms with Crippen LogP contribution in [0, 0.1) is 0 Å². The molecule has 9 nitrogen and oxygen atoms in total. The molecule has 0 spiro atoms. The van der Waals surface area contributed by atoms with Gasteiger partial charge in [0.2, 0.25) is 0 Å². The van der Waals surface area contributed by atoms with Crippen molar-refractivity contribution in [2.24, 2.45) is 14.1 Å². The highest BCUT2D eigenvalue weighted by Gasteiger charge is 2.23. The first-order chi connectivity index (χ1) is 16.6. The van der Waals surface area contributed by atoms with Gasteiger partial charge in [-0.2, -0.15) is 0 Å². The highest BCUT2D eigenvalue weighted by atomic mass is 16.3. The largest absolute Gasteiger partial charge is 0.505 e. The summed E-state index contributed by atoms with van der Waals surface area (Å²) in [6.45, 7) is 5.72. The second-order valence-electron chi connectivity index (χ2n) is 8.76. The van der Waals surface area contributed by atoms with Gasteiger partial charge in [0.25, 0.3) is 17.0 Å². The predicted molar refractivity (Wildman–Crippen MR) is 139 cm³/mol. The summed E-state index contributed by atoms with van der Waals surface area (Å²) < 4.78 is 2.42. The summed E-state index contributed by atoms with van der Waals surface area (Å²) >= 11 is 0. The molecule has 186 valence electrons. The van der Waals surface area contributed by atoms with E-state index in [9.17, 15) is 19.5 Å². The zero-order valence-corrected chi connectivity index (χ0v) is 21.0. The van der Waals surface area contributed by atoms with E-state index in [2.05, 4.69) is 10.6 Å². The first kappa shape index (κ1) is 25.6. The Kier molecular flexibility index (Phi) is 7.68. The van der Waals surface area contributed by atoms with Gasteiger partial charge in [-0.15, -0.1) is 0 Å². The monoisotopic (exact) mass is 479 g/mol. The van der Waals surface area contributed by atoms with Crippen molar-refractivity contribution in [1.29, 1.82) is 0 Å². The Labute approximate surface area is 204 Å². The number of aromatic nitrogens is 2. The maximum Gasteiger partial charge on any atom is 0.290 e. The zero-order valence-electron chi connectivity index (χ0n) is 21.0. The van der Waals surface area contributed by atoms with Crippen LogP contribution in [0.2, 0.25) is 0 Å². The normalized spacial score (nSPS) is 11.9. The minimum Gasteiger partial charge on any atom is -0.505 e. The lowest BCUT2D eigenvalue weighted by atomic mass is 10.0. The van der Waals surface area contributed by atoms with Crippen molar-refractivity contribution in [3.05, 3.63) is 80.4 Å². The number of rotatable bonds is 8. The SMILES string of the molecule is CCC(Nc1c(Nc2cccc(C(=O)N(C)C(C)C)c2O)c(=O)n(C)n(C)c1=O)c1ccccc1. The lowest BCUT2D eigenvalue weighted by Crippen LogP contribution is -2.38. The summed E-state index contributed by atoms with van der Waals surface area (Å²) in [6, 6.07) is 14.0. The summed E-state index contributed by atoms with van der Waals surface area (Å²) in [4.78, 5) is 40.8. The van der Waals surface area contributed by atoms with E-state index < -0.39 is 11.1 Å². The molecule has 0 bridgehead atoms. The molecule has 9 heteroatoms. The molecule has 0 saturated carbocycles. The smallest absolute Gasteiger partial charge is 0.290 e. The van der Waals surface area contributed by atoms with Crippen molar-refractivity contribution >= 4 is 23.0 Å². The Balaban J connectivity index is 2.11. The van der Waals surface area contributed by atoms with Crippen LogP contribution in [-0.2, 0) is 14.1 Å². The van der Waals surface area contributed by atoms with Crippen LogP contribution in [0.3, 0.4) is 0 Å². The number of hydrogen-bond donors (Lipinski definition) is 3. The summed E-state index contributed by atoms with van der Waals surface area (Å²) in [7, 11) is 4.66. The molecule has 2 aromatic carbocycles. The van der Waals surface area contributed by atoms with Crippen LogP contribution in [-0.4, -0.2) is 38.4 Å². The van der Waals surface area contributed by atoms with Crippen molar-refractivity contribution in [2.75, 3.05) is 17.7 Å². The Hall–Kier alpha value is -4.01. The van der Waals surface area contributed by atoms with Crippen LogP contribution < -0.4 is 21.8 Å². The van der Waals surface area contributed by atoms with Crippen LogP contribution in [0.1, 0.15) is 49.2 Å². The molecule has 1 atom stereocenters. The number of nitrogens with one attached hydrogen (secondary N) is 2. The van der Waals surface area contributed by atoms with E-state index in [-0.39, 0.29) is 46.4 Å². The lowest BCUT2D eigenvalue weighted by Gasteiger charge is -2.24. The number of anilines is 3.